The van der Waals surface area contributed by atoms with E-state index in [4.69, 9.17) is 14.2 Å². The van der Waals surface area contributed by atoms with E-state index in [-0.39, 0.29) is 6.04 Å². The topological polar surface area (TPSA) is 98.2 Å². The third-order valence-corrected chi connectivity index (χ3v) is 2.73. The molecular formula is C15H21N3O5. The summed E-state index contributed by atoms with van der Waals surface area (Å²) in [4.78, 5) is 23.0. The van der Waals surface area contributed by atoms with Gasteiger partial charge in [0.2, 0.25) is 0 Å². The van der Waals surface area contributed by atoms with Crippen molar-refractivity contribution >= 4 is 18.0 Å². The standard InChI is InChI=1S/C15H21N3O5/c1-9(2)17-14(19)15(20)18-16-8-10-6-12(22-4)13(23-5)7-11(10)21-3/h6-9H,1-5H3,(H,17,19)(H,18,20)/b16-8-. The Kier molecular flexibility index (Phi) is 6.85. The third-order valence-electron chi connectivity index (χ3n) is 2.73. The van der Waals surface area contributed by atoms with Gasteiger partial charge in [0.05, 0.1) is 27.5 Å². The smallest absolute Gasteiger partial charge is 0.329 e. The first-order chi connectivity index (χ1) is 10.9. The molecule has 0 aliphatic heterocycles. The second-order valence-electron chi connectivity index (χ2n) is 4.78. The summed E-state index contributed by atoms with van der Waals surface area (Å²) < 4.78 is 15.6. The number of methoxy groups -OCH3 is 3. The van der Waals surface area contributed by atoms with Crippen LogP contribution in [-0.4, -0.2) is 45.4 Å². The van der Waals surface area contributed by atoms with Gasteiger partial charge >= 0.3 is 11.8 Å². The van der Waals surface area contributed by atoms with E-state index >= 15 is 0 Å². The molecule has 0 spiro atoms. The number of nitrogens with zero attached hydrogens (tertiary/aromatic N) is 1. The zero-order chi connectivity index (χ0) is 17.4. The molecule has 2 N–H and O–H groups in total. The van der Waals surface area contributed by atoms with E-state index in [1.807, 2.05) is 0 Å². The number of hydrazone groups is 1. The predicted octanol–water partition coefficient (Wildman–Crippen LogP) is 0.687. The van der Waals surface area contributed by atoms with E-state index in [1.165, 1.54) is 27.5 Å². The molecule has 8 nitrogen and oxygen atoms in total. The van der Waals surface area contributed by atoms with Crippen molar-refractivity contribution < 1.29 is 23.8 Å². The molecule has 0 unspecified atom stereocenters. The molecule has 0 aromatic heterocycles. The zero-order valence-corrected chi connectivity index (χ0v) is 13.8. The van der Waals surface area contributed by atoms with Crippen LogP contribution in [0, 0.1) is 0 Å². The van der Waals surface area contributed by atoms with Gasteiger partial charge in [0, 0.05) is 17.7 Å². The van der Waals surface area contributed by atoms with E-state index in [0.717, 1.165) is 0 Å². The summed E-state index contributed by atoms with van der Waals surface area (Å²) in [6.07, 6.45) is 1.35. The summed E-state index contributed by atoms with van der Waals surface area (Å²) in [6, 6.07) is 3.14. The molecule has 0 bridgehead atoms. The average Bonchev–Trinajstić information content (AvgIpc) is 2.53. The first-order valence-corrected chi connectivity index (χ1v) is 6.86. The first kappa shape index (κ1) is 18.3. The van der Waals surface area contributed by atoms with Crippen molar-refractivity contribution in [2.75, 3.05) is 21.3 Å². The quantitative estimate of drug-likeness (QED) is 0.456. The van der Waals surface area contributed by atoms with Gasteiger partial charge in [-0.05, 0) is 19.9 Å². The van der Waals surface area contributed by atoms with Crippen LogP contribution in [0.15, 0.2) is 17.2 Å². The zero-order valence-electron chi connectivity index (χ0n) is 13.8. The highest BCUT2D eigenvalue weighted by Gasteiger charge is 2.14. The van der Waals surface area contributed by atoms with E-state index in [1.54, 1.807) is 26.0 Å². The molecule has 0 radical (unpaired) electrons. The van der Waals surface area contributed by atoms with Gasteiger partial charge in [-0.2, -0.15) is 5.10 Å². The summed E-state index contributed by atoms with van der Waals surface area (Å²) in [5, 5.41) is 6.21. The Hall–Kier alpha value is -2.77. The van der Waals surface area contributed by atoms with Crippen LogP contribution in [0.4, 0.5) is 0 Å². The van der Waals surface area contributed by atoms with Crippen molar-refractivity contribution in [1.29, 1.82) is 0 Å². The molecular weight excluding hydrogens is 302 g/mol. The van der Waals surface area contributed by atoms with Crippen LogP contribution < -0.4 is 25.0 Å². The minimum atomic E-state index is -0.852. The molecule has 0 heterocycles. The molecule has 0 atom stereocenters. The van der Waals surface area contributed by atoms with Crippen molar-refractivity contribution in [2.24, 2.45) is 5.10 Å². The Morgan fingerprint density at radius 3 is 2.09 bits per heavy atom. The van der Waals surface area contributed by atoms with Crippen molar-refractivity contribution in [3.8, 4) is 17.2 Å². The average molecular weight is 323 g/mol. The van der Waals surface area contributed by atoms with E-state index < -0.39 is 11.8 Å². The lowest BCUT2D eigenvalue weighted by Crippen LogP contribution is -2.41. The number of benzene rings is 1. The second kappa shape index (κ2) is 8.62. The van der Waals surface area contributed by atoms with Crippen LogP contribution in [0.3, 0.4) is 0 Å². The monoisotopic (exact) mass is 323 g/mol. The van der Waals surface area contributed by atoms with Gasteiger partial charge in [0.25, 0.3) is 0 Å². The van der Waals surface area contributed by atoms with Gasteiger partial charge in [-0.25, -0.2) is 5.43 Å². The minimum Gasteiger partial charge on any atom is -0.496 e. The number of nitrogens with one attached hydrogen (secondary N) is 2. The summed E-state index contributed by atoms with van der Waals surface area (Å²) >= 11 is 0. The fraction of sp³-hybridized carbons (Fsp3) is 0.400. The summed E-state index contributed by atoms with van der Waals surface area (Å²) in [6.45, 7) is 3.51. The van der Waals surface area contributed by atoms with Crippen LogP contribution in [-0.2, 0) is 9.59 Å². The highest BCUT2D eigenvalue weighted by Crippen LogP contribution is 2.33. The molecule has 1 aromatic carbocycles. The van der Waals surface area contributed by atoms with Crippen LogP contribution >= 0.6 is 0 Å². The lowest BCUT2D eigenvalue weighted by molar-refractivity contribution is -0.139. The van der Waals surface area contributed by atoms with Crippen molar-refractivity contribution in [3.63, 3.8) is 0 Å². The van der Waals surface area contributed by atoms with Crippen molar-refractivity contribution in [1.82, 2.24) is 10.7 Å². The number of hydrogen-bond donors (Lipinski definition) is 2. The molecule has 1 rings (SSSR count). The predicted molar refractivity (Wildman–Crippen MR) is 85.1 cm³/mol. The maximum absolute atomic E-state index is 11.5. The molecule has 0 saturated carbocycles. The van der Waals surface area contributed by atoms with Crippen LogP contribution in [0.1, 0.15) is 19.4 Å². The molecule has 0 fully saturated rings. The second-order valence-corrected chi connectivity index (χ2v) is 4.78. The van der Waals surface area contributed by atoms with E-state index in [9.17, 15) is 9.59 Å². The largest absolute Gasteiger partial charge is 0.496 e. The van der Waals surface area contributed by atoms with Crippen LogP contribution in [0.5, 0.6) is 17.2 Å². The Balaban J connectivity index is 2.87. The Bertz CT molecular complexity index is 599. The van der Waals surface area contributed by atoms with Gasteiger partial charge < -0.3 is 19.5 Å². The molecule has 1 aromatic rings. The number of ether oxygens (including phenoxy) is 3. The Morgan fingerprint density at radius 1 is 1.00 bits per heavy atom. The lowest BCUT2D eigenvalue weighted by atomic mass is 10.2. The summed E-state index contributed by atoms with van der Waals surface area (Å²) in [5.74, 6) is -0.140. The third kappa shape index (κ3) is 5.17. The van der Waals surface area contributed by atoms with E-state index in [0.29, 0.717) is 22.8 Å². The highest BCUT2D eigenvalue weighted by molar-refractivity contribution is 6.35. The molecule has 126 valence electrons. The molecule has 8 heteroatoms. The first-order valence-electron chi connectivity index (χ1n) is 6.86. The van der Waals surface area contributed by atoms with Gasteiger partial charge in [-0.3, -0.25) is 9.59 Å². The van der Waals surface area contributed by atoms with Crippen LogP contribution in [0.2, 0.25) is 0 Å². The summed E-state index contributed by atoms with van der Waals surface area (Å²) in [7, 11) is 4.51. The van der Waals surface area contributed by atoms with Gasteiger partial charge in [-0.15, -0.1) is 0 Å². The van der Waals surface area contributed by atoms with Gasteiger partial charge in [0.1, 0.15) is 5.75 Å². The lowest BCUT2D eigenvalue weighted by Gasteiger charge is -2.11. The Morgan fingerprint density at radius 2 is 1.57 bits per heavy atom. The number of rotatable bonds is 6. The fourth-order valence-corrected chi connectivity index (χ4v) is 1.69. The van der Waals surface area contributed by atoms with Crippen molar-refractivity contribution in [2.45, 2.75) is 19.9 Å². The summed E-state index contributed by atoms with van der Waals surface area (Å²) in [5.41, 5.74) is 2.70. The number of carbonyl (C=O) groups excluding carboxylic acids is 2. The van der Waals surface area contributed by atoms with E-state index in [2.05, 4.69) is 15.8 Å². The SMILES string of the molecule is COc1cc(OC)c(OC)cc1/C=N\NC(=O)C(=O)NC(C)C. The molecule has 0 saturated heterocycles. The normalized spacial score (nSPS) is 10.5. The maximum atomic E-state index is 11.5. The molecule has 23 heavy (non-hydrogen) atoms. The van der Waals surface area contributed by atoms with Gasteiger partial charge in [0.15, 0.2) is 11.5 Å². The number of carbonyl (C=O) groups is 2. The Labute approximate surface area is 134 Å². The number of amides is 2. The molecule has 2 amide bonds. The number of hydrogen-bond acceptors (Lipinski definition) is 6. The van der Waals surface area contributed by atoms with Crippen molar-refractivity contribution in [3.05, 3.63) is 17.7 Å². The van der Waals surface area contributed by atoms with Gasteiger partial charge in [-0.1, -0.05) is 0 Å². The molecule has 0 aliphatic carbocycles. The highest BCUT2D eigenvalue weighted by atomic mass is 16.5. The molecule has 0 aliphatic rings. The van der Waals surface area contributed by atoms with Crippen LogP contribution in [0.25, 0.3) is 0 Å². The fourth-order valence-electron chi connectivity index (χ4n) is 1.69. The minimum absolute atomic E-state index is 0.136. The maximum Gasteiger partial charge on any atom is 0.329 e.